The Morgan fingerprint density at radius 1 is 0.871 bits per heavy atom. The average molecular weight is 425 g/mol. The Morgan fingerprint density at radius 3 is 2.10 bits per heavy atom. The van der Waals surface area contributed by atoms with E-state index < -0.39 is 0 Å². The topological polar surface area (TPSA) is 44.8 Å². The average Bonchev–Trinajstić information content (AvgIpc) is 2.79. The van der Waals surface area contributed by atoms with Crippen molar-refractivity contribution in [3.63, 3.8) is 0 Å². The summed E-state index contributed by atoms with van der Waals surface area (Å²) in [6.45, 7) is 7.80. The molecule has 4 nitrogen and oxygen atoms in total. The number of carbonyl (C=O) groups excluding carboxylic acids is 1. The molecule has 0 heterocycles. The van der Waals surface area contributed by atoms with E-state index in [4.69, 9.17) is 14.2 Å². The summed E-state index contributed by atoms with van der Waals surface area (Å²) in [7, 11) is 1.61. The molecule has 0 radical (unpaired) electrons. The van der Waals surface area contributed by atoms with E-state index >= 15 is 0 Å². The van der Waals surface area contributed by atoms with Gasteiger partial charge < -0.3 is 14.2 Å². The molecule has 2 rings (SSSR count). The largest absolute Gasteiger partial charge is 0.497 e. The normalized spacial score (nSPS) is 11.0. The summed E-state index contributed by atoms with van der Waals surface area (Å²) < 4.78 is 17.3. The maximum absolute atomic E-state index is 12.6. The van der Waals surface area contributed by atoms with Gasteiger partial charge >= 0.3 is 0 Å². The van der Waals surface area contributed by atoms with Crippen molar-refractivity contribution in [3.8, 4) is 17.2 Å². The van der Waals surface area contributed by atoms with Crippen LogP contribution in [0.2, 0.25) is 0 Å². The summed E-state index contributed by atoms with van der Waals surface area (Å²) in [5, 5.41) is 0. The van der Waals surface area contributed by atoms with Crippen LogP contribution in [0.4, 0.5) is 0 Å². The van der Waals surface area contributed by atoms with Crippen LogP contribution in [-0.2, 0) is 6.42 Å². The summed E-state index contributed by atoms with van der Waals surface area (Å²) in [6, 6.07) is 11.2. The van der Waals surface area contributed by atoms with Crippen molar-refractivity contribution in [1.82, 2.24) is 0 Å². The molecule has 0 aliphatic rings. The fraction of sp³-hybridized carbons (Fsp3) is 0.444. The van der Waals surface area contributed by atoms with Gasteiger partial charge in [0.1, 0.15) is 17.2 Å². The van der Waals surface area contributed by atoms with Gasteiger partial charge in [-0.15, -0.1) is 0 Å². The van der Waals surface area contributed by atoms with E-state index in [0.29, 0.717) is 18.8 Å². The van der Waals surface area contributed by atoms with Crippen LogP contribution >= 0.6 is 0 Å². The molecule has 0 aliphatic carbocycles. The third-order valence-electron chi connectivity index (χ3n) is 5.01. The van der Waals surface area contributed by atoms with Crippen molar-refractivity contribution >= 4 is 11.9 Å². The summed E-state index contributed by atoms with van der Waals surface area (Å²) >= 11 is 0. The van der Waals surface area contributed by atoms with Crippen molar-refractivity contribution in [2.75, 3.05) is 20.3 Å². The molecule has 2 aromatic carbocycles. The Morgan fingerprint density at radius 2 is 1.52 bits per heavy atom. The van der Waals surface area contributed by atoms with Gasteiger partial charge in [0.15, 0.2) is 5.78 Å². The number of hydrogen-bond donors (Lipinski definition) is 0. The minimum atomic E-state index is -0.0533. The number of carbonyl (C=O) groups is 1. The van der Waals surface area contributed by atoms with Gasteiger partial charge in [-0.1, -0.05) is 40.0 Å². The molecule has 0 unspecified atom stereocenters. The highest BCUT2D eigenvalue weighted by molar-refractivity contribution is 6.07. The number of ether oxygens (including phenoxy) is 3. The zero-order valence-electron chi connectivity index (χ0n) is 19.4. The molecule has 0 aromatic heterocycles. The molecule has 4 heteroatoms. The lowest BCUT2D eigenvalue weighted by molar-refractivity contribution is 0.104. The maximum atomic E-state index is 12.6. The summed E-state index contributed by atoms with van der Waals surface area (Å²) in [5.74, 6) is 2.33. The van der Waals surface area contributed by atoms with Gasteiger partial charge in [-0.05, 0) is 67.3 Å². The Hall–Kier alpha value is -2.75. The van der Waals surface area contributed by atoms with Gasteiger partial charge in [-0.3, -0.25) is 4.79 Å². The van der Waals surface area contributed by atoms with E-state index in [1.54, 1.807) is 37.5 Å². The highest BCUT2D eigenvalue weighted by Crippen LogP contribution is 2.32. The number of methoxy groups -OCH3 is 1. The Balaban J connectivity index is 2.30. The Kier molecular flexibility index (Phi) is 10.7. The number of hydrogen-bond acceptors (Lipinski definition) is 4. The minimum absolute atomic E-state index is 0.0533. The molecule has 0 bridgehead atoms. The fourth-order valence-electron chi connectivity index (χ4n) is 3.15. The predicted octanol–water partition coefficient (Wildman–Crippen LogP) is 6.90. The second-order valence-corrected chi connectivity index (χ2v) is 7.58. The van der Waals surface area contributed by atoms with Gasteiger partial charge in [-0.2, -0.15) is 0 Å². The Labute approximate surface area is 187 Å². The first kappa shape index (κ1) is 24.5. The summed E-state index contributed by atoms with van der Waals surface area (Å²) in [6.07, 6.45) is 9.57. The van der Waals surface area contributed by atoms with Crippen LogP contribution in [0.5, 0.6) is 17.2 Å². The third kappa shape index (κ3) is 7.78. The molecule has 2 aromatic rings. The van der Waals surface area contributed by atoms with Crippen LogP contribution in [0.15, 0.2) is 42.5 Å². The zero-order valence-corrected chi connectivity index (χ0v) is 19.4. The monoisotopic (exact) mass is 424 g/mol. The van der Waals surface area contributed by atoms with Crippen LogP contribution in [0.3, 0.4) is 0 Å². The van der Waals surface area contributed by atoms with Gasteiger partial charge in [0.25, 0.3) is 0 Å². The molecule has 31 heavy (non-hydrogen) atoms. The number of unbranched alkanes of at least 4 members (excludes halogenated alkanes) is 2. The van der Waals surface area contributed by atoms with Gasteiger partial charge in [0.2, 0.25) is 0 Å². The van der Waals surface area contributed by atoms with E-state index in [0.717, 1.165) is 66.9 Å². The molecule has 0 amide bonds. The lowest BCUT2D eigenvalue weighted by atomic mass is 10.0. The number of allylic oxidation sites excluding steroid dienone is 1. The van der Waals surface area contributed by atoms with Crippen molar-refractivity contribution in [1.29, 1.82) is 0 Å². The minimum Gasteiger partial charge on any atom is -0.497 e. The molecule has 0 saturated heterocycles. The van der Waals surface area contributed by atoms with Crippen molar-refractivity contribution in [3.05, 3.63) is 59.2 Å². The van der Waals surface area contributed by atoms with Crippen LogP contribution in [0, 0.1) is 0 Å². The summed E-state index contributed by atoms with van der Waals surface area (Å²) in [4.78, 5) is 12.6. The quantitative estimate of drug-likeness (QED) is 0.188. The fourth-order valence-corrected chi connectivity index (χ4v) is 3.15. The highest BCUT2D eigenvalue weighted by Gasteiger charge is 2.12. The van der Waals surface area contributed by atoms with E-state index in [9.17, 15) is 4.79 Å². The van der Waals surface area contributed by atoms with Crippen LogP contribution in [0.1, 0.15) is 74.4 Å². The van der Waals surface area contributed by atoms with E-state index in [2.05, 4.69) is 26.8 Å². The smallest absolute Gasteiger partial charge is 0.185 e. The number of rotatable bonds is 14. The van der Waals surface area contributed by atoms with Crippen LogP contribution < -0.4 is 14.2 Å². The van der Waals surface area contributed by atoms with Gasteiger partial charge in [-0.25, -0.2) is 0 Å². The summed E-state index contributed by atoms with van der Waals surface area (Å²) in [5.41, 5.74) is 2.68. The molecule has 0 saturated carbocycles. The molecule has 0 fully saturated rings. The molecule has 0 aliphatic heterocycles. The number of ketones is 1. The van der Waals surface area contributed by atoms with Crippen molar-refractivity contribution < 1.29 is 19.0 Å². The molecule has 168 valence electrons. The third-order valence-corrected chi connectivity index (χ3v) is 5.01. The zero-order chi connectivity index (χ0) is 22.5. The maximum Gasteiger partial charge on any atom is 0.185 e. The predicted molar refractivity (Wildman–Crippen MR) is 128 cm³/mol. The lowest BCUT2D eigenvalue weighted by Crippen LogP contribution is -2.04. The first-order chi connectivity index (χ1) is 15.1. The molecule has 0 spiro atoms. The van der Waals surface area contributed by atoms with Crippen LogP contribution in [0.25, 0.3) is 6.08 Å². The van der Waals surface area contributed by atoms with Crippen molar-refractivity contribution in [2.45, 2.75) is 59.3 Å². The molecule has 0 atom stereocenters. The van der Waals surface area contributed by atoms with E-state index in [-0.39, 0.29) is 5.78 Å². The lowest BCUT2D eigenvalue weighted by Gasteiger charge is -2.16. The number of benzene rings is 2. The second-order valence-electron chi connectivity index (χ2n) is 7.58. The van der Waals surface area contributed by atoms with Gasteiger partial charge in [0.05, 0.1) is 20.3 Å². The Bertz CT molecular complexity index is 837. The van der Waals surface area contributed by atoms with E-state index in [1.165, 1.54) is 0 Å². The highest BCUT2D eigenvalue weighted by atomic mass is 16.5. The van der Waals surface area contributed by atoms with Crippen LogP contribution in [-0.4, -0.2) is 26.1 Å². The molecular formula is C27H36O4. The first-order valence-corrected chi connectivity index (χ1v) is 11.4. The number of aryl methyl sites for hydroxylation is 1. The second kappa shape index (κ2) is 13.5. The van der Waals surface area contributed by atoms with E-state index in [1.807, 2.05) is 12.1 Å². The van der Waals surface area contributed by atoms with Gasteiger partial charge in [0, 0.05) is 17.2 Å². The molecule has 0 N–H and O–H groups in total. The SMILES string of the molecule is CCCCOc1cc(OCCCC)c(CCC)cc1C=CC(=O)c1ccc(OC)cc1. The standard InChI is InChI=1S/C27H36O4/c1-5-8-17-30-26-20-27(31-18-9-6-2)23(19-22(26)10-7-3)13-16-25(28)21-11-14-24(29-4)15-12-21/h11-16,19-20H,5-10,17-18H2,1-4H3. The van der Waals surface area contributed by atoms with Crippen molar-refractivity contribution in [2.24, 2.45) is 0 Å². The molecular weight excluding hydrogens is 388 g/mol. The first-order valence-electron chi connectivity index (χ1n) is 11.4.